The molecule has 2 N–H and O–H groups in total. The van der Waals surface area contributed by atoms with Crippen molar-refractivity contribution in [2.24, 2.45) is 11.8 Å². The molecule has 3 saturated heterocycles. The summed E-state index contributed by atoms with van der Waals surface area (Å²) in [7, 11) is 1.22. The summed E-state index contributed by atoms with van der Waals surface area (Å²) < 4.78 is 11.6. The number of amides is 4. The summed E-state index contributed by atoms with van der Waals surface area (Å²) >= 11 is 0. The lowest BCUT2D eigenvalue weighted by Gasteiger charge is -2.46. The van der Waals surface area contributed by atoms with Crippen LogP contribution in [-0.4, -0.2) is 100 Å². The molecular formula is C48H47N7O8. The summed E-state index contributed by atoms with van der Waals surface area (Å²) in [5.74, 6) is -4.00. The van der Waals surface area contributed by atoms with Crippen LogP contribution in [0, 0.1) is 11.8 Å². The zero-order valence-corrected chi connectivity index (χ0v) is 35.0. The van der Waals surface area contributed by atoms with E-state index >= 15 is 14.4 Å². The van der Waals surface area contributed by atoms with Crippen LogP contribution in [0.3, 0.4) is 0 Å². The topological polar surface area (TPSA) is 175 Å². The fraction of sp³-hybridized carbons (Fsp3) is 0.312. The number of benzene rings is 4. The number of carbonyl (C=O) groups is 5. The number of anilines is 2. The smallest absolute Gasteiger partial charge is 0.329 e. The normalized spacial score (nSPS) is 24.8. The Hall–Kier alpha value is -7.13. The van der Waals surface area contributed by atoms with Crippen molar-refractivity contribution in [1.82, 2.24) is 25.1 Å². The van der Waals surface area contributed by atoms with Crippen LogP contribution >= 0.6 is 0 Å². The quantitative estimate of drug-likeness (QED) is 0.198. The van der Waals surface area contributed by atoms with Gasteiger partial charge >= 0.3 is 18.0 Å². The first-order chi connectivity index (χ1) is 30.6. The summed E-state index contributed by atoms with van der Waals surface area (Å²) in [5, 5.41) is 13.4. The van der Waals surface area contributed by atoms with Crippen molar-refractivity contribution in [2.75, 3.05) is 43.1 Å². The van der Waals surface area contributed by atoms with Gasteiger partial charge in [0.05, 0.1) is 30.8 Å². The molecule has 0 saturated carbocycles. The minimum absolute atomic E-state index is 0.0308. The number of carbonyl (C=O) groups excluding carboxylic acids is 5. The van der Waals surface area contributed by atoms with Gasteiger partial charge in [-0.1, -0.05) is 105 Å². The number of para-hydroxylation sites is 1. The van der Waals surface area contributed by atoms with Crippen molar-refractivity contribution in [3.05, 3.63) is 150 Å². The van der Waals surface area contributed by atoms with Crippen LogP contribution in [0.4, 0.5) is 16.4 Å². The number of esters is 2. The molecule has 322 valence electrons. The third-order valence-electron chi connectivity index (χ3n) is 12.9. The second-order valence-corrected chi connectivity index (χ2v) is 16.6. The maximum absolute atomic E-state index is 16.3. The van der Waals surface area contributed by atoms with Crippen molar-refractivity contribution in [1.29, 1.82) is 0 Å². The highest BCUT2D eigenvalue weighted by atomic mass is 16.6. The van der Waals surface area contributed by atoms with Gasteiger partial charge in [-0.15, -0.1) is 0 Å². The number of piperazine rings is 1. The summed E-state index contributed by atoms with van der Waals surface area (Å²) in [4.78, 5) is 90.6. The molecule has 5 aromatic rings. The van der Waals surface area contributed by atoms with Gasteiger partial charge in [-0.25, -0.2) is 24.5 Å². The molecule has 0 bridgehead atoms. The second-order valence-electron chi connectivity index (χ2n) is 16.6. The number of hydrogen-bond acceptors (Lipinski definition) is 12. The molecule has 15 nitrogen and oxygen atoms in total. The molecule has 0 aliphatic carbocycles. The van der Waals surface area contributed by atoms with Gasteiger partial charge in [0.15, 0.2) is 0 Å². The Kier molecular flexibility index (Phi) is 10.9. The molecule has 4 aromatic carbocycles. The Morgan fingerprint density at radius 1 is 0.778 bits per heavy atom. The maximum Gasteiger partial charge on any atom is 0.329 e. The molecule has 7 atom stereocenters. The second kappa shape index (κ2) is 16.6. The number of phenols is 1. The van der Waals surface area contributed by atoms with Crippen LogP contribution in [0.25, 0.3) is 0 Å². The van der Waals surface area contributed by atoms with Crippen LogP contribution in [0.1, 0.15) is 54.3 Å². The molecule has 15 heteroatoms. The van der Waals surface area contributed by atoms with Crippen LogP contribution in [-0.2, 0) is 34.1 Å². The number of rotatable bonds is 8. The number of imide groups is 1. The number of ether oxygens (including phenoxy) is 2. The fourth-order valence-electron chi connectivity index (χ4n) is 10.1. The molecular weight excluding hydrogens is 803 g/mol. The summed E-state index contributed by atoms with van der Waals surface area (Å²) in [6.45, 7) is 4.69. The largest absolute Gasteiger partial charge is 0.508 e. The monoisotopic (exact) mass is 849 g/mol. The standard InChI is InChI=1S/C48H47N7O8/c1-29(2)37(43(58)62-3)51-47(61)54-35-18-11-10-17-34(35)48(45(54)60)36(42(57)52-25-27-53(28-26-52)46-49-23-12-24-50-46)39-44(59)63-40(31-15-8-5-9-16-31)38(30-13-6-4-7-14-30)55(39)41(48)32-19-21-33(56)22-20-32/h4-24,29,36-41,56H,25-28H2,1-3H3,(H,51,61)/t36-,37-,38-,39-,40+,41+,48-/m0/s1. The number of morpholine rings is 1. The van der Waals surface area contributed by atoms with Gasteiger partial charge in [-0.2, -0.15) is 0 Å². The number of nitrogens with zero attached hydrogens (tertiary/aromatic N) is 6. The third kappa shape index (κ3) is 6.83. The Balaban J connectivity index is 1.28. The van der Waals surface area contributed by atoms with Crippen LogP contribution in [0.5, 0.6) is 5.75 Å². The van der Waals surface area contributed by atoms with Crippen LogP contribution in [0.2, 0.25) is 0 Å². The molecule has 4 amide bonds. The summed E-state index contributed by atoms with van der Waals surface area (Å²) in [6.07, 6.45) is 2.41. The van der Waals surface area contributed by atoms with E-state index in [1.807, 2.05) is 70.5 Å². The predicted octanol–water partition coefficient (Wildman–Crippen LogP) is 5.10. The van der Waals surface area contributed by atoms with Gasteiger partial charge in [0.25, 0.3) is 0 Å². The van der Waals surface area contributed by atoms with Gasteiger partial charge in [0.1, 0.15) is 29.4 Å². The minimum atomic E-state index is -1.96. The number of aromatic nitrogens is 2. The van der Waals surface area contributed by atoms with Gasteiger partial charge in [-0.05, 0) is 52.4 Å². The third-order valence-corrected chi connectivity index (χ3v) is 12.9. The number of cyclic esters (lactones) is 1. The van der Waals surface area contributed by atoms with E-state index in [0.717, 1.165) is 10.5 Å². The zero-order valence-electron chi connectivity index (χ0n) is 35.0. The van der Waals surface area contributed by atoms with Crippen LogP contribution < -0.4 is 15.1 Å². The zero-order chi connectivity index (χ0) is 44.0. The lowest BCUT2D eigenvalue weighted by Crippen LogP contribution is -2.60. The minimum Gasteiger partial charge on any atom is -0.508 e. The lowest BCUT2D eigenvalue weighted by molar-refractivity contribution is -0.179. The van der Waals surface area contributed by atoms with E-state index in [2.05, 4.69) is 15.3 Å². The highest BCUT2D eigenvalue weighted by Crippen LogP contribution is 2.66. The van der Waals surface area contributed by atoms with Crippen molar-refractivity contribution in [3.63, 3.8) is 0 Å². The number of nitrogens with one attached hydrogen (secondary N) is 1. The molecule has 0 unspecified atom stereocenters. The van der Waals surface area contributed by atoms with Gasteiger partial charge in [0.2, 0.25) is 17.8 Å². The molecule has 5 heterocycles. The average Bonchev–Trinajstić information content (AvgIpc) is 3.77. The van der Waals surface area contributed by atoms with Crippen LogP contribution in [0.15, 0.2) is 128 Å². The molecule has 4 aliphatic rings. The number of methoxy groups -OCH3 is 1. The molecule has 4 aliphatic heterocycles. The summed E-state index contributed by atoms with van der Waals surface area (Å²) in [5.41, 5.74) is 0.571. The molecule has 1 spiro atoms. The fourth-order valence-corrected chi connectivity index (χ4v) is 10.1. The highest BCUT2D eigenvalue weighted by molar-refractivity contribution is 6.25. The Morgan fingerprint density at radius 3 is 2.03 bits per heavy atom. The molecule has 63 heavy (non-hydrogen) atoms. The number of aromatic hydroxyl groups is 1. The Labute approximate surface area is 364 Å². The van der Waals surface area contributed by atoms with E-state index in [9.17, 15) is 14.7 Å². The summed E-state index contributed by atoms with van der Waals surface area (Å²) in [6, 6.07) is 28.6. The maximum atomic E-state index is 16.3. The first kappa shape index (κ1) is 41.2. The molecule has 1 aromatic heterocycles. The highest BCUT2D eigenvalue weighted by Gasteiger charge is 2.76. The van der Waals surface area contributed by atoms with Gasteiger partial charge in [0, 0.05) is 38.6 Å². The first-order valence-corrected chi connectivity index (χ1v) is 21.1. The average molecular weight is 850 g/mol. The first-order valence-electron chi connectivity index (χ1n) is 21.1. The SMILES string of the molecule is COC(=O)[C@@H](NC(=O)N1C(=O)[C@@]2(c3ccccc31)[C@H](C(=O)N1CCN(c3ncccn3)CC1)[C@H]1C(=O)O[C@H](c3ccccc3)[C@H](c3ccccc3)N1[C@@H]2c1ccc(O)cc1)C(C)C. The van der Waals surface area contributed by atoms with Gasteiger partial charge < -0.3 is 29.7 Å². The van der Waals surface area contributed by atoms with E-state index < -0.39 is 77.3 Å². The lowest BCUT2D eigenvalue weighted by atomic mass is 9.65. The van der Waals surface area contributed by atoms with E-state index in [1.165, 1.54) is 19.2 Å². The Bertz CT molecular complexity index is 2520. The van der Waals surface area contributed by atoms with Crippen molar-refractivity contribution in [3.8, 4) is 5.75 Å². The number of phenolic OH excluding ortho intramolecular Hbond substituents is 1. The number of urea groups is 1. The van der Waals surface area contributed by atoms with E-state index in [0.29, 0.717) is 35.7 Å². The number of fused-ring (bicyclic) bond motifs is 3. The van der Waals surface area contributed by atoms with Crippen molar-refractivity contribution in [2.45, 2.75) is 49.5 Å². The van der Waals surface area contributed by atoms with Crippen molar-refractivity contribution >= 4 is 41.4 Å². The molecule has 3 fully saturated rings. The van der Waals surface area contributed by atoms with E-state index in [-0.39, 0.29) is 24.5 Å². The van der Waals surface area contributed by atoms with Gasteiger partial charge in [-0.3, -0.25) is 19.3 Å². The van der Waals surface area contributed by atoms with Crippen molar-refractivity contribution < 1.29 is 38.6 Å². The number of hydrogen-bond donors (Lipinski definition) is 2. The molecule has 0 radical (unpaired) electrons. The molecule has 9 rings (SSSR count). The Morgan fingerprint density at radius 2 is 1.40 bits per heavy atom. The van der Waals surface area contributed by atoms with E-state index in [1.54, 1.807) is 73.6 Å². The van der Waals surface area contributed by atoms with E-state index in [4.69, 9.17) is 9.47 Å². The predicted molar refractivity (Wildman–Crippen MR) is 230 cm³/mol.